The lowest BCUT2D eigenvalue weighted by Crippen LogP contribution is -2.46. The highest BCUT2D eigenvalue weighted by molar-refractivity contribution is 5.39. The van der Waals surface area contributed by atoms with Gasteiger partial charge in [-0.3, -0.25) is 0 Å². The maximum atomic E-state index is 10.2. The molecule has 0 unspecified atom stereocenters. The summed E-state index contributed by atoms with van der Waals surface area (Å²) in [6, 6.07) is 0. The molecule has 0 aromatic heterocycles. The Morgan fingerprint density at radius 2 is 1.69 bits per heavy atom. The molecule has 162 valence electrons. The van der Waals surface area contributed by atoms with Crippen molar-refractivity contribution in [2.75, 3.05) is 0 Å². The molecule has 4 aliphatic rings. The van der Waals surface area contributed by atoms with Crippen LogP contribution in [0.5, 0.6) is 0 Å². The average molecular weight is 397 g/mol. The van der Waals surface area contributed by atoms with Gasteiger partial charge in [0.1, 0.15) is 0 Å². The topological polar surface area (TPSA) is 20.2 Å². The number of hydrogen-bond donors (Lipinski definition) is 1. The summed E-state index contributed by atoms with van der Waals surface area (Å²) < 4.78 is 0. The van der Waals surface area contributed by atoms with Crippen molar-refractivity contribution < 1.29 is 5.11 Å². The first-order valence-electron chi connectivity index (χ1n) is 12.4. The molecule has 8 atom stereocenters. The summed E-state index contributed by atoms with van der Waals surface area (Å²) in [7, 11) is 0. The quantitative estimate of drug-likeness (QED) is 0.493. The van der Waals surface area contributed by atoms with E-state index in [0.717, 1.165) is 36.5 Å². The molecule has 1 heteroatoms. The normalized spacial score (nSPS) is 44.0. The highest BCUT2D eigenvalue weighted by Gasteiger charge is 2.56. The smallest absolute Gasteiger partial charge is 0.0578 e. The second-order valence-corrected chi connectivity index (χ2v) is 11.9. The summed E-state index contributed by atoms with van der Waals surface area (Å²) in [6.07, 6.45) is 18.4. The Labute approximate surface area is 179 Å². The lowest BCUT2D eigenvalue weighted by Gasteiger charge is -2.55. The Kier molecular flexibility index (Phi) is 5.69. The Bertz CT molecular complexity index is 712. The molecule has 0 heterocycles. The summed E-state index contributed by atoms with van der Waals surface area (Å²) in [6.45, 7) is 14.6. The number of allylic oxidation sites excluding steroid dienone is 5. The zero-order valence-corrected chi connectivity index (χ0v) is 19.7. The van der Waals surface area contributed by atoms with Crippen LogP contribution in [0.25, 0.3) is 0 Å². The summed E-state index contributed by atoms with van der Waals surface area (Å²) in [5.41, 5.74) is 4.07. The standard InChI is InChI=1S/C28H44O/c1-18(2)19(3)7-8-20(4)24-11-12-25-23-10-9-21-17-22(29)13-15-27(21,5)26(23)14-16-28(24,25)6/h7-10,18-20,22,24-26,29H,11-17H2,1-6H3/b8-7-/t19-,20-,22-,24+,25+,26-,27-,28+/m0/s1. The zero-order chi connectivity index (χ0) is 21.0. The second kappa shape index (κ2) is 7.70. The van der Waals surface area contributed by atoms with Gasteiger partial charge in [0.25, 0.3) is 0 Å². The van der Waals surface area contributed by atoms with Crippen LogP contribution in [0.4, 0.5) is 0 Å². The summed E-state index contributed by atoms with van der Waals surface area (Å²) in [4.78, 5) is 0. The number of hydrogen-bond acceptors (Lipinski definition) is 1. The van der Waals surface area contributed by atoms with Gasteiger partial charge in [0.2, 0.25) is 0 Å². The minimum Gasteiger partial charge on any atom is -0.393 e. The van der Waals surface area contributed by atoms with Gasteiger partial charge in [0.15, 0.2) is 0 Å². The van der Waals surface area contributed by atoms with Crippen molar-refractivity contribution in [3.8, 4) is 0 Å². The highest BCUT2D eigenvalue weighted by Crippen LogP contribution is 2.65. The van der Waals surface area contributed by atoms with Crippen LogP contribution in [-0.4, -0.2) is 11.2 Å². The van der Waals surface area contributed by atoms with Gasteiger partial charge in [-0.1, -0.05) is 77.0 Å². The van der Waals surface area contributed by atoms with Gasteiger partial charge >= 0.3 is 0 Å². The minimum atomic E-state index is -0.116. The maximum Gasteiger partial charge on any atom is 0.0578 e. The highest BCUT2D eigenvalue weighted by atomic mass is 16.3. The van der Waals surface area contributed by atoms with E-state index in [1.54, 1.807) is 5.57 Å². The van der Waals surface area contributed by atoms with E-state index in [0.29, 0.717) is 22.7 Å². The first kappa shape index (κ1) is 21.4. The number of fused-ring (bicyclic) bond motifs is 5. The van der Waals surface area contributed by atoms with Crippen molar-refractivity contribution in [1.82, 2.24) is 0 Å². The summed E-state index contributed by atoms with van der Waals surface area (Å²) in [5.74, 6) is 4.38. The second-order valence-electron chi connectivity index (χ2n) is 11.9. The van der Waals surface area contributed by atoms with Crippen LogP contribution in [-0.2, 0) is 0 Å². The molecule has 0 amide bonds. The lowest BCUT2D eigenvalue weighted by atomic mass is 9.50. The Hall–Kier alpha value is -0.820. The van der Waals surface area contributed by atoms with E-state index >= 15 is 0 Å². The van der Waals surface area contributed by atoms with Gasteiger partial charge in [0.05, 0.1) is 6.10 Å². The van der Waals surface area contributed by atoms with Gasteiger partial charge < -0.3 is 5.11 Å². The van der Waals surface area contributed by atoms with Crippen molar-refractivity contribution in [3.63, 3.8) is 0 Å². The third kappa shape index (κ3) is 3.50. The average Bonchev–Trinajstić information content (AvgIpc) is 3.03. The lowest BCUT2D eigenvalue weighted by molar-refractivity contribution is 0.0382. The van der Waals surface area contributed by atoms with E-state index < -0.39 is 0 Å². The van der Waals surface area contributed by atoms with Crippen LogP contribution in [0.1, 0.15) is 86.5 Å². The molecule has 0 saturated heterocycles. The molecule has 0 spiro atoms. The largest absolute Gasteiger partial charge is 0.393 e. The van der Waals surface area contributed by atoms with Crippen LogP contribution in [0.3, 0.4) is 0 Å². The molecule has 4 aliphatic carbocycles. The molecule has 29 heavy (non-hydrogen) atoms. The van der Waals surface area contributed by atoms with Crippen LogP contribution in [0.2, 0.25) is 0 Å². The molecule has 0 aromatic carbocycles. The molecular weight excluding hydrogens is 352 g/mol. The van der Waals surface area contributed by atoms with Crippen molar-refractivity contribution in [3.05, 3.63) is 35.5 Å². The van der Waals surface area contributed by atoms with E-state index in [1.165, 1.54) is 37.7 Å². The fraction of sp³-hybridized carbons (Fsp3) is 0.786. The van der Waals surface area contributed by atoms with Gasteiger partial charge in [0, 0.05) is 0 Å². The predicted molar refractivity (Wildman–Crippen MR) is 123 cm³/mol. The molecule has 0 bridgehead atoms. The monoisotopic (exact) mass is 396 g/mol. The van der Waals surface area contributed by atoms with Gasteiger partial charge in [-0.05, 0) is 91.3 Å². The van der Waals surface area contributed by atoms with Gasteiger partial charge in [-0.25, -0.2) is 0 Å². The third-order valence-corrected chi connectivity index (χ3v) is 10.0. The van der Waals surface area contributed by atoms with Crippen LogP contribution >= 0.6 is 0 Å². The summed E-state index contributed by atoms with van der Waals surface area (Å²) in [5, 5.41) is 10.2. The molecule has 0 aromatic rings. The van der Waals surface area contributed by atoms with E-state index in [2.05, 4.69) is 65.8 Å². The van der Waals surface area contributed by atoms with E-state index in [-0.39, 0.29) is 6.10 Å². The molecule has 3 saturated carbocycles. The molecule has 1 N–H and O–H groups in total. The Morgan fingerprint density at radius 1 is 0.931 bits per heavy atom. The minimum absolute atomic E-state index is 0.116. The molecular formula is C28H44O. The van der Waals surface area contributed by atoms with E-state index in [1.807, 2.05) is 0 Å². The third-order valence-electron chi connectivity index (χ3n) is 10.0. The maximum absolute atomic E-state index is 10.2. The van der Waals surface area contributed by atoms with Gasteiger partial charge in [-0.2, -0.15) is 0 Å². The first-order chi connectivity index (χ1) is 13.7. The fourth-order valence-corrected chi connectivity index (χ4v) is 7.59. The van der Waals surface area contributed by atoms with E-state index in [4.69, 9.17) is 0 Å². The zero-order valence-electron chi connectivity index (χ0n) is 19.7. The van der Waals surface area contributed by atoms with Crippen molar-refractivity contribution in [1.29, 1.82) is 0 Å². The molecule has 3 fully saturated rings. The SMILES string of the molecule is CC(C)[C@@H](C)/C=C\[C@H](C)[C@H]1CC[C@@H]2C3=CC=C4C[C@@H](O)CC[C@]4(C)[C@H]3CC[C@@]21C. The molecule has 0 aliphatic heterocycles. The van der Waals surface area contributed by atoms with E-state index in [9.17, 15) is 5.11 Å². The fourth-order valence-electron chi connectivity index (χ4n) is 7.59. The van der Waals surface area contributed by atoms with Crippen LogP contribution in [0.15, 0.2) is 35.5 Å². The number of aliphatic hydroxyl groups excluding tert-OH is 1. The molecule has 4 rings (SSSR count). The van der Waals surface area contributed by atoms with Gasteiger partial charge in [-0.15, -0.1) is 0 Å². The Balaban J connectivity index is 1.57. The number of aliphatic hydroxyl groups is 1. The van der Waals surface area contributed by atoms with Crippen molar-refractivity contribution in [2.24, 2.45) is 46.3 Å². The Morgan fingerprint density at radius 3 is 2.41 bits per heavy atom. The predicted octanol–water partition coefficient (Wildman–Crippen LogP) is 7.33. The molecule has 1 nitrogen and oxygen atoms in total. The number of rotatable bonds is 4. The van der Waals surface area contributed by atoms with Crippen molar-refractivity contribution in [2.45, 2.75) is 92.6 Å². The molecule has 0 radical (unpaired) electrons. The summed E-state index contributed by atoms with van der Waals surface area (Å²) >= 11 is 0. The first-order valence-corrected chi connectivity index (χ1v) is 12.4. The van der Waals surface area contributed by atoms with Crippen LogP contribution < -0.4 is 0 Å². The van der Waals surface area contributed by atoms with Crippen molar-refractivity contribution >= 4 is 0 Å². The van der Waals surface area contributed by atoms with Crippen LogP contribution in [0, 0.1) is 46.3 Å².